The van der Waals surface area contributed by atoms with Gasteiger partial charge >= 0.3 is 0 Å². The molecule has 0 heterocycles. The van der Waals surface area contributed by atoms with Crippen LogP contribution in [0.3, 0.4) is 0 Å². The molecule has 1 aromatic rings. The van der Waals surface area contributed by atoms with E-state index in [0.717, 1.165) is 13.0 Å². The van der Waals surface area contributed by atoms with E-state index in [1.165, 1.54) is 19.3 Å². The molecule has 0 radical (unpaired) electrons. The molecule has 106 valence electrons. The number of carbonyl (C=O) groups is 1. The predicted octanol–water partition coefficient (Wildman–Crippen LogP) is 3.64. The van der Waals surface area contributed by atoms with Crippen LogP contribution in [-0.4, -0.2) is 19.6 Å². The number of amides is 1. The lowest BCUT2D eigenvalue weighted by molar-refractivity contribution is 0.0943. The van der Waals surface area contributed by atoms with E-state index in [2.05, 4.69) is 19.2 Å². The van der Waals surface area contributed by atoms with E-state index in [0.29, 0.717) is 17.2 Å². The van der Waals surface area contributed by atoms with Gasteiger partial charge in [-0.2, -0.15) is 0 Å². The van der Waals surface area contributed by atoms with Gasteiger partial charge in [0.15, 0.2) is 0 Å². The lowest BCUT2D eigenvalue weighted by atomic mass is 9.99. The average molecular weight is 263 g/mol. The first-order valence-electron chi connectivity index (χ1n) is 7.14. The van der Waals surface area contributed by atoms with Gasteiger partial charge in [0.05, 0.1) is 12.7 Å². The summed E-state index contributed by atoms with van der Waals surface area (Å²) < 4.78 is 5.20. The lowest BCUT2D eigenvalue weighted by Crippen LogP contribution is -2.29. The number of para-hydroxylation sites is 1. The number of nitrogens with one attached hydrogen (secondary N) is 1. The highest BCUT2D eigenvalue weighted by Crippen LogP contribution is 2.17. The molecule has 0 aliphatic heterocycles. The highest BCUT2D eigenvalue weighted by Gasteiger charge is 2.13. The van der Waals surface area contributed by atoms with Crippen molar-refractivity contribution in [1.29, 1.82) is 0 Å². The summed E-state index contributed by atoms with van der Waals surface area (Å²) >= 11 is 0. The normalized spacial score (nSPS) is 11.9. The van der Waals surface area contributed by atoms with Crippen molar-refractivity contribution >= 4 is 5.91 Å². The van der Waals surface area contributed by atoms with Gasteiger partial charge in [0, 0.05) is 6.54 Å². The summed E-state index contributed by atoms with van der Waals surface area (Å²) in [5.74, 6) is 1.15. The van der Waals surface area contributed by atoms with Crippen molar-refractivity contribution in [3.8, 4) is 5.75 Å². The summed E-state index contributed by atoms with van der Waals surface area (Å²) in [5, 5.41) is 3.01. The van der Waals surface area contributed by atoms with Crippen molar-refractivity contribution in [2.45, 2.75) is 39.5 Å². The molecule has 1 atom stereocenters. The van der Waals surface area contributed by atoms with E-state index in [1.54, 1.807) is 13.2 Å². The second-order valence-electron chi connectivity index (χ2n) is 4.83. The minimum absolute atomic E-state index is 0.0487. The Labute approximate surface area is 116 Å². The van der Waals surface area contributed by atoms with Crippen molar-refractivity contribution in [1.82, 2.24) is 5.32 Å². The molecule has 0 saturated heterocycles. The molecule has 1 unspecified atom stereocenters. The summed E-state index contributed by atoms with van der Waals surface area (Å²) in [4.78, 5) is 12.1. The van der Waals surface area contributed by atoms with Crippen molar-refractivity contribution in [2.75, 3.05) is 13.7 Å². The maximum atomic E-state index is 12.1. The van der Waals surface area contributed by atoms with Crippen molar-refractivity contribution in [2.24, 2.45) is 5.92 Å². The van der Waals surface area contributed by atoms with E-state index in [1.807, 2.05) is 18.2 Å². The highest BCUT2D eigenvalue weighted by molar-refractivity contribution is 5.96. The van der Waals surface area contributed by atoms with Gasteiger partial charge in [-0.05, 0) is 24.5 Å². The molecular formula is C16H25NO2. The van der Waals surface area contributed by atoms with Crippen LogP contribution in [0.25, 0.3) is 0 Å². The average Bonchev–Trinajstić information content (AvgIpc) is 2.47. The van der Waals surface area contributed by atoms with Gasteiger partial charge in [-0.25, -0.2) is 0 Å². The van der Waals surface area contributed by atoms with Crippen molar-refractivity contribution in [3.05, 3.63) is 29.8 Å². The standard InChI is InChI=1S/C16H25NO2/c1-4-6-9-13(5-2)12-17-16(18)14-10-7-8-11-15(14)19-3/h7-8,10-11,13H,4-6,9,12H2,1-3H3,(H,17,18). The zero-order valence-corrected chi connectivity index (χ0v) is 12.2. The SMILES string of the molecule is CCCCC(CC)CNC(=O)c1ccccc1OC. The Balaban J connectivity index is 2.54. The van der Waals surface area contributed by atoms with Gasteiger partial charge in [0.25, 0.3) is 5.91 Å². The molecule has 0 bridgehead atoms. The van der Waals surface area contributed by atoms with E-state index in [-0.39, 0.29) is 5.91 Å². The third kappa shape index (κ3) is 4.93. The Morgan fingerprint density at radius 2 is 2.05 bits per heavy atom. The van der Waals surface area contributed by atoms with E-state index in [4.69, 9.17) is 4.74 Å². The minimum atomic E-state index is -0.0487. The second-order valence-corrected chi connectivity index (χ2v) is 4.83. The van der Waals surface area contributed by atoms with E-state index < -0.39 is 0 Å². The first kappa shape index (κ1) is 15.5. The summed E-state index contributed by atoms with van der Waals surface area (Å²) in [5.41, 5.74) is 0.607. The summed E-state index contributed by atoms with van der Waals surface area (Å²) in [6.07, 6.45) is 4.71. The Morgan fingerprint density at radius 3 is 2.68 bits per heavy atom. The van der Waals surface area contributed by atoms with E-state index >= 15 is 0 Å². The maximum absolute atomic E-state index is 12.1. The molecule has 0 aromatic heterocycles. The van der Waals surface area contributed by atoms with Crippen LogP contribution < -0.4 is 10.1 Å². The number of ether oxygens (including phenoxy) is 1. The molecule has 1 aromatic carbocycles. The number of rotatable bonds is 8. The largest absolute Gasteiger partial charge is 0.496 e. The number of unbranched alkanes of at least 4 members (excludes halogenated alkanes) is 1. The molecule has 0 saturated carbocycles. The van der Waals surface area contributed by atoms with Gasteiger partial charge in [-0.1, -0.05) is 45.2 Å². The van der Waals surface area contributed by atoms with Crippen LogP contribution in [0, 0.1) is 5.92 Å². The fourth-order valence-electron chi connectivity index (χ4n) is 2.11. The van der Waals surface area contributed by atoms with Gasteiger partial charge in [0.1, 0.15) is 5.75 Å². The number of benzene rings is 1. The summed E-state index contributed by atoms with van der Waals surface area (Å²) in [6, 6.07) is 7.32. The van der Waals surface area contributed by atoms with Crippen LogP contribution >= 0.6 is 0 Å². The Hall–Kier alpha value is -1.51. The maximum Gasteiger partial charge on any atom is 0.255 e. The van der Waals surface area contributed by atoms with Crippen LogP contribution in [0.4, 0.5) is 0 Å². The third-order valence-corrected chi connectivity index (χ3v) is 3.45. The molecule has 0 spiro atoms. The monoisotopic (exact) mass is 263 g/mol. The predicted molar refractivity (Wildman–Crippen MR) is 78.6 cm³/mol. The van der Waals surface area contributed by atoms with Gasteiger partial charge < -0.3 is 10.1 Å². The molecule has 1 N–H and O–H groups in total. The number of hydrogen-bond acceptors (Lipinski definition) is 2. The number of methoxy groups -OCH3 is 1. The molecule has 0 aliphatic carbocycles. The van der Waals surface area contributed by atoms with Crippen molar-refractivity contribution in [3.63, 3.8) is 0 Å². The molecule has 3 nitrogen and oxygen atoms in total. The third-order valence-electron chi connectivity index (χ3n) is 3.45. The van der Waals surface area contributed by atoms with Gasteiger partial charge in [-0.15, -0.1) is 0 Å². The molecule has 0 fully saturated rings. The highest BCUT2D eigenvalue weighted by atomic mass is 16.5. The molecule has 3 heteroatoms. The fraction of sp³-hybridized carbons (Fsp3) is 0.562. The second kappa shape index (κ2) is 8.57. The number of hydrogen-bond donors (Lipinski definition) is 1. The summed E-state index contributed by atoms with van der Waals surface area (Å²) in [7, 11) is 1.59. The minimum Gasteiger partial charge on any atom is -0.496 e. The van der Waals surface area contributed by atoms with Crippen LogP contribution in [0.15, 0.2) is 24.3 Å². The fourth-order valence-corrected chi connectivity index (χ4v) is 2.11. The first-order valence-corrected chi connectivity index (χ1v) is 7.14. The Kier molecular flexibility index (Phi) is 7.01. The van der Waals surface area contributed by atoms with E-state index in [9.17, 15) is 4.79 Å². The lowest BCUT2D eigenvalue weighted by Gasteiger charge is -2.16. The molecular weight excluding hydrogens is 238 g/mol. The van der Waals surface area contributed by atoms with Crippen LogP contribution in [0.5, 0.6) is 5.75 Å². The molecule has 19 heavy (non-hydrogen) atoms. The quantitative estimate of drug-likeness (QED) is 0.777. The van der Waals surface area contributed by atoms with Crippen LogP contribution in [0.2, 0.25) is 0 Å². The molecule has 0 aliphatic rings. The number of carbonyl (C=O) groups excluding carboxylic acids is 1. The smallest absolute Gasteiger partial charge is 0.255 e. The zero-order chi connectivity index (χ0) is 14.1. The Bertz CT molecular complexity index is 390. The van der Waals surface area contributed by atoms with Crippen LogP contribution in [-0.2, 0) is 0 Å². The topological polar surface area (TPSA) is 38.3 Å². The zero-order valence-electron chi connectivity index (χ0n) is 12.2. The van der Waals surface area contributed by atoms with Crippen LogP contribution in [0.1, 0.15) is 49.9 Å². The van der Waals surface area contributed by atoms with Gasteiger partial charge in [-0.3, -0.25) is 4.79 Å². The molecule has 1 rings (SSSR count). The van der Waals surface area contributed by atoms with Crippen molar-refractivity contribution < 1.29 is 9.53 Å². The first-order chi connectivity index (χ1) is 9.22. The summed E-state index contributed by atoms with van der Waals surface area (Å²) in [6.45, 7) is 5.11. The van der Waals surface area contributed by atoms with Gasteiger partial charge in [0.2, 0.25) is 0 Å². The Morgan fingerprint density at radius 1 is 1.32 bits per heavy atom. The molecule has 1 amide bonds.